The van der Waals surface area contributed by atoms with Crippen LogP contribution in [0.1, 0.15) is 21.7 Å². The molecule has 0 N–H and O–H groups in total. The van der Waals surface area contributed by atoms with E-state index in [1.54, 1.807) is 30.2 Å². The molecule has 4 nitrogen and oxygen atoms in total. The van der Waals surface area contributed by atoms with Gasteiger partial charge in [-0.15, -0.1) is 23.1 Å². The van der Waals surface area contributed by atoms with Crippen molar-refractivity contribution in [3.63, 3.8) is 0 Å². The standard InChI is InChI=1S/C24H26N2O2S2/c1-28-20-11-9-19(10-12-20)25-13-5-14-26(16-15-25)24(27)22-7-2-3-8-23(22)30-18-21-6-4-17-29-21/h2-4,6-12,17H,5,13-16,18H2,1H3. The fraction of sp³-hybridized carbons (Fsp3) is 0.292. The van der Waals surface area contributed by atoms with Crippen molar-refractivity contribution in [3.05, 3.63) is 76.5 Å². The molecule has 0 bridgehead atoms. The van der Waals surface area contributed by atoms with E-state index in [9.17, 15) is 4.79 Å². The Morgan fingerprint density at radius 3 is 2.60 bits per heavy atom. The number of hydrogen-bond donors (Lipinski definition) is 0. The second kappa shape index (κ2) is 10.0. The predicted molar refractivity (Wildman–Crippen MR) is 126 cm³/mol. The number of benzene rings is 2. The Hall–Kier alpha value is -2.44. The fourth-order valence-corrected chi connectivity index (χ4v) is 5.47. The van der Waals surface area contributed by atoms with Gasteiger partial charge >= 0.3 is 0 Å². The van der Waals surface area contributed by atoms with Crippen LogP contribution in [-0.4, -0.2) is 44.1 Å². The first-order chi connectivity index (χ1) is 14.7. The van der Waals surface area contributed by atoms with Crippen molar-refractivity contribution in [2.24, 2.45) is 0 Å². The molecule has 2 heterocycles. The quantitative estimate of drug-likeness (QED) is 0.482. The molecule has 6 heteroatoms. The Labute approximate surface area is 186 Å². The summed E-state index contributed by atoms with van der Waals surface area (Å²) in [5.74, 6) is 1.90. The van der Waals surface area contributed by atoms with Crippen LogP contribution < -0.4 is 9.64 Å². The minimum absolute atomic E-state index is 0.140. The third-order valence-corrected chi connectivity index (χ3v) is 7.47. The molecule has 1 amide bonds. The molecule has 1 fully saturated rings. The van der Waals surface area contributed by atoms with Gasteiger partial charge in [0, 0.05) is 47.4 Å². The molecule has 0 aliphatic carbocycles. The molecular weight excluding hydrogens is 412 g/mol. The molecule has 1 aliphatic heterocycles. The molecule has 2 aromatic carbocycles. The summed E-state index contributed by atoms with van der Waals surface area (Å²) >= 11 is 3.50. The van der Waals surface area contributed by atoms with Crippen LogP contribution in [0.2, 0.25) is 0 Å². The Morgan fingerprint density at radius 1 is 1.00 bits per heavy atom. The van der Waals surface area contributed by atoms with E-state index in [-0.39, 0.29) is 5.91 Å². The van der Waals surface area contributed by atoms with Gasteiger partial charge in [-0.05, 0) is 54.3 Å². The lowest BCUT2D eigenvalue weighted by atomic mass is 10.2. The van der Waals surface area contributed by atoms with Gasteiger partial charge in [0.05, 0.1) is 12.7 Å². The van der Waals surface area contributed by atoms with Crippen LogP contribution in [0.5, 0.6) is 5.75 Å². The Morgan fingerprint density at radius 2 is 1.83 bits per heavy atom. The average molecular weight is 439 g/mol. The molecule has 3 aromatic rings. The maximum Gasteiger partial charge on any atom is 0.255 e. The molecule has 156 valence electrons. The Balaban J connectivity index is 1.42. The van der Waals surface area contributed by atoms with Gasteiger partial charge in [0.2, 0.25) is 0 Å². The number of rotatable bonds is 6. The van der Waals surface area contributed by atoms with Crippen LogP contribution in [0.25, 0.3) is 0 Å². The van der Waals surface area contributed by atoms with Gasteiger partial charge in [0.1, 0.15) is 5.75 Å². The number of ether oxygens (including phenoxy) is 1. The van der Waals surface area contributed by atoms with E-state index < -0.39 is 0 Å². The molecule has 0 saturated carbocycles. The summed E-state index contributed by atoms with van der Waals surface area (Å²) in [6.07, 6.45) is 0.961. The topological polar surface area (TPSA) is 32.8 Å². The highest BCUT2D eigenvalue weighted by Crippen LogP contribution is 2.29. The molecule has 30 heavy (non-hydrogen) atoms. The van der Waals surface area contributed by atoms with Gasteiger partial charge in [-0.2, -0.15) is 0 Å². The smallest absolute Gasteiger partial charge is 0.255 e. The zero-order valence-corrected chi connectivity index (χ0v) is 18.8. The minimum atomic E-state index is 0.140. The molecule has 1 aliphatic rings. The van der Waals surface area contributed by atoms with Crippen molar-refractivity contribution in [1.29, 1.82) is 0 Å². The fourth-order valence-electron chi connectivity index (χ4n) is 3.65. The maximum absolute atomic E-state index is 13.3. The zero-order valence-electron chi connectivity index (χ0n) is 17.1. The van der Waals surface area contributed by atoms with Crippen LogP contribution in [0.4, 0.5) is 5.69 Å². The third kappa shape index (κ3) is 4.99. The van der Waals surface area contributed by atoms with E-state index in [4.69, 9.17) is 4.74 Å². The lowest BCUT2D eigenvalue weighted by Crippen LogP contribution is -2.35. The summed E-state index contributed by atoms with van der Waals surface area (Å²) in [6, 6.07) is 20.4. The highest BCUT2D eigenvalue weighted by atomic mass is 32.2. The third-order valence-electron chi connectivity index (χ3n) is 5.29. The molecular formula is C24H26N2O2S2. The lowest BCUT2D eigenvalue weighted by molar-refractivity contribution is 0.0763. The second-order valence-corrected chi connectivity index (χ2v) is 9.24. The van der Waals surface area contributed by atoms with Crippen molar-refractivity contribution in [2.75, 3.05) is 38.2 Å². The normalized spacial score (nSPS) is 14.4. The SMILES string of the molecule is COc1ccc(N2CCCN(C(=O)c3ccccc3SCc3cccs3)CC2)cc1. The van der Waals surface area contributed by atoms with Crippen molar-refractivity contribution in [1.82, 2.24) is 4.90 Å². The molecule has 0 unspecified atom stereocenters. The lowest BCUT2D eigenvalue weighted by Gasteiger charge is -2.24. The molecule has 0 radical (unpaired) electrons. The largest absolute Gasteiger partial charge is 0.497 e. The van der Waals surface area contributed by atoms with Crippen molar-refractivity contribution < 1.29 is 9.53 Å². The van der Waals surface area contributed by atoms with Gasteiger partial charge in [0.15, 0.2) is 0 Å². The number of thiophene rings is 1. The molecule has 0 spiro atoms. The van der Waals surface area contributed by atoms with Gasteiger partial charge < -0.3 is 14.5 Å². The number of carbonyl (C=O) groups excluding carboxylic acids is 1. The summed E-state index contributed by atoms with van der Waals surface area (Å²) in [5.41, 5.74) is 1.99. The number of thioether (sulfide) groups is 1. The summed E-state index contributed by atoms with van der Waals surface area (Å²) in [6.45, 7) is 3.30. The van der Waals surface area contributed by atoms with Crippen LogP contribution >= 0.6 is 23.1 Å². The molecule has 0 atom stereocenters. The Bertz CT molecular complexity index is 958. The van der Waals surface area contributed by atoms with Crippen molar-refractivity contribution in [3.8, 4) is 5.75 Å². The van der Waals surface area contributed by atoms with E-state index in [0.717, 1.165) is 54.6 Å². The Kier molecular flexibility index (Phi) is 6.97. The number of nitrogens with zero attached hydrogens (tertiary/aromatic N) is 2. The van der Waals surface area contributed by atoms with Gasteiger partial charge in [-0.25, -0.2) is 0 Å². The van der Waals surface area contributed by atoms with E-state index in [0.29, 0.717) is 0 Å². The second-order valence-electron chi connectivity index (χ2n) is 7.20. The number of methoxy groups -OCH3 is 1. The average Bonchev–Trinajstić information content (AvgIpc) is 3.20. The molecule has 4 rings (SSSR count). The summed E-state index contributed by atoms with van der Waals surface area (Å²) < 4.78 is 5.26. The van der Waals surface area contributed by atoms with Crippen LogP contribution in [0, 0.1) is 0 Å². The minimum Gasteiger partial charge on any atom is -0.497 e. The van der Waals surface area contributed by atoms with Crippen LogP contribution in [0.3, 0.4) is 0 Å². The van der Waals surface area contributed by atoms with Gasteiger partial charge in [-0.3, -0.25) is 4.79 Å². The number of hydrogen-bond acceptors (Lipinski definition) is 5. The first-order valence-corrected chi connectivity index (χ1v) is 12.0. The highest BCUT2D eigenvalue weighted by Gasteiger charge is 2.22. The van der Waals surface area contributed by atoms with E-state index in [2.05, 4.69) is 40.6 Å². The highest BCUT2D eigenvalue weighted by molar-refractivity contribution is 7.98. The molecule has 1 aromatic heterocycles. The van der Waals surface area contributed by atoms with Crippen molar-refractivity contribution in [2.45, 2.75) is 17.1 Å². The summed E-state index contributed by atoms with van der Waals surface area (Å²) in [5, 5.41) is 2.10. The number of carbonyl (C=O) groups is 1. The first kappa shape index (κ1) is 20.8. The van der Waals surface area contributed by atoms with E-state index >= 15 is 0 Å². The van der Waals surface area contributed by atoms with Crippen LogP contribution in [0.15, 0.2) is 70.9 Å². The van der Waals surface area contributed by atoms with Crippen LogP contribution in [-0.2, 0) is 5.75 Å². The first-order valence-electron chi connectivity index (χ1n) is 10.2. The number of amides is 1. The predicted octanol–water partition coefficient (Wildman–Crippen LogP) is 5.40. The van der Waals surface area contributed by atoms with E-state index in [1.165, 1.54) is 10.6 Å². The van der Waals surface area contributed by atoms with E-state index in [1.807, 2.05) is 35.2 Å². The monoisotopic (exact) mass is 438 g/mol. The van der Waals surface area contributed by atoms with Gasteiger partial charge in [-0.1, -0.05) is 18.2 Å². The zero-order chi connectivity index (χ0) is 20.8. The maximum atomic E-state index is 13.3. The number of anilines is 1. The summed E-state index contributed by atoms with van der Waals surface area (Å²) in [4.78, 5) is 20.1. The summed E-state index contributed by atoms with van der Waals surface area (Å²) in [7, 11) is 1.68. The van der Waals surface area contributed by atoms with Crippen molar-refractivity contribution >= 4 is 34.7 Å². The van der Waals surface area contributed by atoms with Gasteiger partial charge in [0.25, 0.3) is 5.91 Å². The molecule has 1 saturated heterocycles.